The van der Waals surface area contributed by atoms with Crippen LogP contribution in [0.5, 0.6) is 5.75 Å². The molecule has 2 fully saturated rings. The van der Waals surface area contributed by atoms with Crippen LogP contribution in [-0.2, 0) is 14.4 Å². The maximum absolute atomic E-state index is 12.9. The molecule has 4 rings (SSSR count). The van der Waals surface area contributed by atoms with E-state index in [-0.39, 0.29) is 23.6 Å². The molecule has 0 radical (unpaired) electrons. The van der Waals surface area contributed by atoms with Crippen LogP contribution < -0.4 is 10.2 Å². The van der Waals surface area contributed by atoms with E-state index in [4.69, 9.17) is 14.3 Å². The quantitative estimate of drug-likeness (QED) is 0.572. The van der Waals surface area contributed by atoms with Crippen molar-refractivity contribution in [2.75, 3.05) is 19.7 Å². The molecule has 3 aliphatic rings. The van der Waals surface area contributed by atoms with Crippen LogP contribution in [0.2, 0.25) is 0 Å². The fraction of sp³-hybridized carbons (Fsp3) is 0.583. The second-order valence-corrected chi connectivity index (χ2v) is 8.98. The lowest BCUT2D eigenvalue weighted by molar-refractivity contribution is -0.198. The van der Waals surface area contributed by atoms with E-state index < -0.39 is 0 Å². The molecular weight excluding hydrogens is 396 g/mol. The van der Waals surface area contributed by atoms with E-state index in [2.05, 4.69) is 24.2 Å². The Kier molecular flexibility index (Phi) is 6.74. The first-order valence-corrected chi connectivity index (χ1v) is 11.3. The van der Waals surface area contributed by atoms with Gasteiger partial charge in [0.15, 0.2) is 12.1 Å². The first kappa shape index (κ1) is 22.0. The molecule has 168 valence electrons. The molecule has 1 aromatic rings. The van der Waals surface area contributed by atoms with E-state index in [0.717, 1.165) is 50.8 Å². The Morgan fingerprint density at radius 1 is 1.29 bits per heavy atom. The standard InChI is InChI=1S/C24H32N2O5/c1-17(2)26-12-10-24(11-13-26)16-20(27)19-15-18(6-8-21(19)30-24)7-9-22(28)25-31-23-5-3-4-14-29-23/h6-9,15,17,23H,3-5,10-14,16H2,1-2H3,(H,25,28)/b9-7+. The molecule has 0 aromatic heterocycles. The van der Waals surface area contributed by atoms with Crippen LogP contribution >= 0.6 is 0 Å². The van der Waals surface area contributed by atoms with Gasteiger partial charge in [0.2, 0.25) is 0 Å². The monoisotopic (exact) mass is 428 g/mol. The summed E-state index contributed by atoms with van der Waals surface area (Å²) in [6, 6.07) is 6.01. The zero-order valence-electron chi connectivity index (χ0n) is 18.4. The first-order valence-electron chi connectivity index (χ1n) is 11.3. The van der Waals surface area contributed by atoms with E-state index in [1.54, 1.807) is 12.1 Å². The number of likely N-dealkylation sites (tertiary alicyclic amines) is 1. The van der Waals surface area contributed by atoms with Crippen molar-refractivity contribution in [3.63, 3.8) is 0 Å². The van der Waals surface area contributed by atoms with E-state index in [0.29, 0.717) is 30.4 Å². The largest absolute Gasteiger partial charge is 0.486 e. The van der Waals surface area contributed by atoms with E-state index in [1.165, 1.54) is 6.08 Å². The van der Waals surface area contributed by atoms with Crippen molar-refractivity contribution in [1.82, 2.24) is 10.4 Å². The van der Waals surface area contributed by atoms with Crippen molar-refractivity contribution in [3.8, 4) is 5.75 Å². The second kappa shape index (κ2) is 9.51. The maximum Gasteiger partial charge on any atom is 0.267 e. The summed E-state index contributed by atoms with van der Waals surface area (Å²) in [6.45, 7) is 6.95. The van der Waals surface area contributed by atoms with Gasteiger partial charge in [-0.1, -0.05) is 6.07 Å². The number of ketones is 1. The van der Waals surface area contributed by atoms with Gasteiger partial charge in [-0.3, -0.25) is 9.59 Å². The molecular formula is C24H32N2O5. The van der Waals surface area contributed by atoms with Crippen molar-refractivity contribution < 1.29 is 23.9 Å². The number of hydrogen-bond donors (Lipinski definition) is 1. The summed E-state index contributed by atoms with van der Waals surface area (Å²) in [5, 5.41) is 0. The molecule has 7 heteroatoms. The molecule has 3 aliphatic heterocycles. The molecule has 31 heavy (non-hydrogen) atoms. The number of benzene rings is 1. The number of carbonyl (C=O) groups is 2. The highest BCUT2D eigenvalue weighted by atomic mass is 16.8. The molecule has 1 aromatic carbocycles. The van der Waals surface area contributed by atoms with Gasteiger partial charge in [0.1, 0.15) is 11.4 Å². The normalized spacial score (nSPS) is 23.7. The Morgan fingerprint density at radius 3 is 2.81 bits per heavy atom. The average Bonchev–Trinajstić information content (AvgIpc) is 2.77. The number of ether oxygens (including phenoxy) is 2. The van der Waals surface area contributed by atoms with Gasteiger partial charge in [-0.25, -0.2) is 10.3 Å². The van der Waals surface area contributed by atoms with Crippen LogP contribution in [0.3, 0.4) is 0 Å². The number of carbonyl (C=O) groups excluding carboxylic acids is 2. The smallest absolute Gasteiger partial charge is 0.267 e. The Bertz CT molecular complexity index is 836. The maximum atomic E-state index is 12.9. The molecule has 1 N–H and O–H groups in total. The molecule has 1 atom stereocenters. The van der Waals surface area contributed by atoms with Crippen molar-refractivity contribution in [3.05, 3.63) is 35.4 Å². The zero-order valence-corrected chi connectivity index (χ0v) is 18.4. The van der Waals surface area contributed by atoms with Crippen LogP contribution in [-0.4, -0.2) is 54.2 Å². The fourth-order valence-electron chi connectivity index (χ4n) is 4.48. The summed E-state index contributed by atoms with van der Waals surface area (Å²) in [6.07, 6.45) is 7.63. The number of hydroxylamine groups is 1. The van der Waals surface area contributed by atoms with Crippen LogP contribution in [0.15, 0.2) is 24.3 Å². The average molecular weight is 429 g/mol. The van der Waals surface area contributed by atoms with Gasteiger partial charge < -0.3 is 14.4 Å². The van der Waals surface area contributed by atoms with Crippen LogP contribution in [0.1, 0.15) is 68.3 Å². The summed E-state index contributed by atoms with van der Waals surface area (Å²) in [5.74, 6) is 0.385. The fourth-order valence-corrected chi connectivity index (χ4v) is 4.48. The zero-order chi connectivity index (χ0) is 21.8. The lowest BCUT2D eigenvalue weighted by atomic mass is 9.82. The molecule has 1 unspecified atom stereocenters. The molecule has 0 aliphatic carbocycles. The Labute approximate surface area is 183 Å². The number of nitrogens with zero attached hydrogens (tertiary/aromatic N) is 1. The molecule has 7 nitrogen and oxygen atoms in total. The highest BCUT2D eigenvalue weighted by Gasteiger charge is 2.43. The van der Waals surface area contributed by atoms with E-state index in [9.17, 15) is 9.59 Å². The summed E-state index contributed by atoms with van der Waals surface area (Å²) < 4.78 is 11.8. The van der Waals surface area contributed by atoms with Crippen LogP contribution in [0.25, 0.3) is 6.08 Å². The molecule has 1 spiro atoms. The third-order valence-corrected chi connectivity index (χ3v) is 6.41. The van der Waals surface area contributed by atoms with Crippen molar-refractivity contribution in [1.29, 1.82) is 0 Å². The minimum absolute atomic E-state index is 0.108. The molecule has 0 bridgehead atoms. The van der Waals surface area contributed by atoms with E-state index >= 15 is 0 Å². The highest BCUT2D eigenvalue weighted by molar-refractivity contribution is 6.01. The number of piperidine rings is 1. The number of rotatable bonds is 5. The number of Topliss-reactive ketones (excluding diaryl/α,β-unsaturated/α-hetero) is 1. The molecule has 2 saturated heterocycles. The number of fused-ring (bicyclic) bond motifs is 1. The summed E-state index contributed by atoms with van der Waals surface area (Å²) in [7, 11) is 0. The summed E-state index contributed by atoms with van der Waals surface area (Å²) in [4.78, 5) is 32.6. The molecule has 1 amide bonds. The van der Waals surface area contributed by atoms with Gasteiger partial charge in [0, 0.05) is 51.1 Å². The summed E-state index contributed by atoms with van der Waals surface area (Å²) in [5.41, 5.74) is 3.37. The van der Waals surface area contributed by atoms with Crippen molar-refractivity contribution in [2.24, 2.45) is 0 Å². The highest BCUT2D eigenvalue weighted by Crippen LogP contribution is 2.40. The lowest BCUT2D eigenvalue weighted by Gasteiger charge is -2.45. The van der Waals surface area contributed by atoms with Gasteiger partial charge >= 0.3 is 0 Å². The van der Waals surface area contributed by atoms with Crippen molar-refractivity contribution >= 4 is 17.8 Å². The van der Waals surface area contributed by atoms with Crippen molar-refractivity contribution in [2.45, 2.75) is 70.3 Å². The van der Waals surface area contributed by atoms with Gasteiger partial charge in [0.25, 0.3) is 5.91 Å². The van der Waals surface area contributed by atoms with Gasteiger partial charge in [-0.2, -0.15) is 0 Å². The second-order valence-electron chi connectivity index (χ2n) is 8.98. The van der Waals surface area contributed by atoms with E-state index in [1.807, 2.05) is 12.1 Å². The third-order valence-electron chi connectivity index (χ3n) is 6.41. The topological polar surface area (TPSA) is 77.1 Å². The third kappa shape index (κ3) is 5.34. The first-order chi connectivity index (χ1) is 14.9. The minimum atomic E-state index is -0.385. The van der Waals surface area contributed by atoms with Gasteiger partial charge in [-0.15, -0.1) is 0 Å². The lowest BCUT2D eigenvalue weighted by Crippen LogP contribution is -2.52. The van der Waals surface area contributed by atoms with Crippen LogP contribution in [0.4, 0.5) is 0 Å². The Morgan fingerprint density at radius 2 is 2.10 bits per heavy atom. The minimum Gasteiger partial charge on any atom is -0.486 e. The number of nitrogens with one attached hydrogen (secondary N) is 1. The van der Waals surface area contributed by atoms with Gasteiger partial charge in [-0.05, 0) is 50.5 Å². The van der Waals surface area contributed by atoms with Crippen LogP contribution in [0, 0.1) is 0 Å². The van der Waals surface area contributed by atoms with Gasteiger partial charge in [0.05, 0.1) is 12.0 Å². The number of hydrogen-bond acceptors (Lipinski definition) is 6. The SMILES string of the molecule is CC(C)N1CCC2(CC1)CC(=O)c1cc(/C=C/C(=O)NOC3CCCCO3)ccc1O2. The molecule has 0 saturated carbocycles. The predicted molar refractivity (Wildman–Crippen MR) is 117 cm³/mol. The number of amides is 1. The summed E-state index contributed by atoms with van der Waals surface area (Å²) >= 11 is 0. The predicted octanol–water partition coefficient (Wildman–Crippen LogP) is 3.48. The Balaban J connectivity index is 1.35. The Hall–Kier alpha value is -2.22. The molecule has 3 heterocycles.